The summed E-state index contributed by atoms with van der Waals surface area (Å²) < 4.78 is 1.88. The third-order valence-electron chi connectivity index (χ3n) is 4.46. The molecule has 1 fully saturated rings. The Hall–Kier alpha value is -1.40. The van der Waals surface area contributed by atoms with Crippen LogP contribution < -0.4 is 0 Å². The molecule has 3 rings (SSSR count). The van der Waals surface area contributed by atoms with E-state index in [0.29, 0.717) is 11.8 Å². The van der Waals surface area contributed by atoms with E-state index in [0.717, 1.165) is 46.7 Å². The number of nitrogens with zero attached hydrogens (tertiary/aromatic N) is 3. The molecule has 5 nitrogen and oxygen atoms in total. The highest BCUT2D eigenvalue weighted by Gasteiger charge is 2.25. The van der Waals surface area contributed by atoms with Crippen molar-refractivity contribution in [2.75, 3.05) is 19.7 Å². The lowest BCUT2D eigenvalue weighted by Crippen LogP contribution is -2.38. The zero-order chi connectivity index (χ0) is 15.9. The van der Waals surface area contributed by atoms with E-state index in [2.05, 4.69) is 18.9 Å². The van der Waals surface area contributed by atoms with E-state index >= 15 is 0 Å². The van der Waals surface area contributed by atoms with Gasteiger partial charge in [-0.15, -0.1) is 11.3 Å². The first-order valence-electron chi connectivity index (χ1n) is 7.87. The average molecular weight is 321 g/mol. The molecule has 2 aromatic rings. The SMILES string of the molecule is CC(C)c1nn(C)c2sc(C(=O)N3CCC(CO)CC3)cc12. The van der Waals surface area contributed by atoms with Gasteiger partial charge in [0, 0.05) is 32.1 Å². The average Bonchev–Trinajstić information content (AvgIpc) is 3.07. The summed E-state index contributed by atoms with van der Waals surface area (Å²) in [6.07, 6.45) is 1.79. The van der Waals surface area contributed by atoms with Gasteiger partial charge >= 0.3 is 0 Å². The Kier molecular flexibility index (Phi) is 4.23. The van der Waals surface area contributed by atoms with E-state index < -0.39 is 0 Å². The summed E-state index contributed by atoms with van der Waals surface area (Å²) in [4.78, 5) is 16.5. The maximum absolute atomic E-state index is 12.7. The number of fused-ring (bicyclic) bond motifs is 1. The van der Waals surface area contributed by atoms with E-state index in [9.17, 15) is 9.90 Å². The molecule has 22 heavy (non-hydrogen) atoms. The van der Waals surface area contributed by atoms with Crippen molar-refractivity contribution in [1.82, 2.24) is 14.7 Å². The predicted molar refractivity (Wildman–Crippen MR) is 88.4 cm³/mol. The highest BCUT2D eigenvalue weighted by molar-refractivity contribution is 7.20. The predicted octanol–water partition coefficient (Wildman–Crippen LogP) is 2.60. The molecule has 0 atom stereocenters. The summed E-state index contributed by atoms with van der Waals surface area (Å²) in [6.45, 7) is 5.97. The van der Waals surface area contributed by atoms with Crippen LogP contribution in [0.25, 0.3) is 10.2 Å². The summed E-state index contributed by atoms with van der Waals surface area (Å²) in [5, 5.41) is 14.9. The summed E-state index contributed by atoms with van der Waals surface area (Å²) in [7, 11) is 1.94. The number of carbonyl (C=O) groups is 1. The van der Waals surface area contributed by atoms with Gasteiger partial charge in [-0.3, -0.25) is 9.48 Å². The fourth-order valence-electron chi connectivity index (χ4n) is 3.07. The van der Waals surface area contributed by atoms with Gasteiger partial charge in [0.05, 0.1) is 10.6 Å². The van der Waals surface area contributed by atoms with Gasteiger partial charge < -0.3 is 10.0 Å². The Morgan fingerprint density at radius 1 is 1.45 bits per heavy atom. The largest absolute Gasteiger partial charge is 0.396 e. The molecule has 1 saturated heterocycles. The van der Waals surface area contributed by atoms with Crippen molar-refractivity contribution < 1.29 is 9.90 Å². The molecular formula is C16H23N3O2S. The number of rotatable bonds is 3. The van der Waals surface area contributed by atoms with E-state index in [1.807, 2.05) is 22.7 Å². The van der Waals surface area contributed by atoms with Crippen LogP contribution in [0.1, 0.15) is 48.0 Å². The van der Waals surface area contributed by atoms with Crippen LogP contribution in [0, 0.1) is 5.92 Å². The Morgan fingerprint density at radius 3 is 2.73 bits per heavy atom. The number of hydrogen-bond acceptors (Lipinski definition) is 4. The smallest absolute Gasteiger partial charge is 0.264 e. The number of aliphatic hydroxyl groups excluding tert-OH is 1. The molecule has 1 N–H and O–H groups in total. The zero-order valence-corrected chi connectivity index (χ0v) is 14.2. The van der Waals surface area contributed by atoms with Crippen molar-refractivity contribution in [3.05, 3.63) is 16.6 Å². The molecule has 0 aromatic carbocycles. The van der Waals surface area contributed by atoms with E-state index in [-0.39, 0.29) is 12.5 Å². The molecule has 0 saturated carbocycles. The zero-order valence-electron chi connectivity index (χ0n) is 13.4. The van der Waals surface area contributed by atoms with E-state index in [1.54, 1.807) is 0 Å². The number of piperidine rings is 1. The van der Waals surface area contributed by atoms with Gasteiger partial charge in [0.2, 0.25) is 0 Å². The van der Waals surface area contributed by atoms with Gasteiger partial charge in [-0.2, -0.15) is 5.10 Å². The van der Waals surface area contributed by atoms with Gasteiger partial charge in [0.15, 0.2) is 0 Å². The fourth-order valence-corrected chi connectivity index (χ4v) is 4.12. The lowest BCUT2D eigenvalue weighted by atomic mass is 9.98. The number of carbonyl (C=O) groups excluding carboxylic acids is 1. The van der Waals surface area contributed by atoms with Gasteiger partial charge in [-0.1, -0.05) is 13.8 Å². The Labute approximate surface area is 134 Å². The number of likely N-dealkylation sites (tertiary alicyclic amines) is 1. The number of thiophene rings is 1. The standard InChI is InChI=1S/C16H23N3O2S/c1-10(2)14-12-8-13(22-16(12)18(3)17-14)15(21)19-6-4-11(9-20)5-7-19/h8,10-11,20H,4-7,9H2,1-3H3. The molecule has 6 heteroatoms. The number of aryl methyl sites for hydroxylation is 1. The van der Waals surface area contributed by atoms with Crippen molar-refractivity contribution in [2.45, 2.75) is 32.6 Å². The molecular weight excluding hydrogens is 298 g/mol. The molecule has 0 spiro atoms. The van der Waals surface area contributed by atoms with E-state index in [1.165, 1.54) is 11.3 Å². The fraction of sp³-hybridized carbons (Fsp3) is 0.625. The highest BCUT2D eigenvalue weighted by Crippen LogP contribution is 2.32. The van der Waals surface area contributed by atoms with Gasteiger partial charge in [-0.05, 0) is 30.7 Å². The van der Waals surface area contributed by atoms with Crippen LogP contribution >= 0.6 is 11.3 Å². The van der Waals surface area contributed by atoms with Crippen molar-refractivity contribution >= 4 is 27.5 Å². The second-order valence-corrected chi connectivity index (χ2v) is 7.44. The van der Waals surface area contributed by atoms with Crippen molar-refractivity contribution in [2.24, 2.45) is 13.0 Å². The Balaban J connectivity index is 1.84. The normalized spacial score (nSPS) is 16.9. The molecule has 1 aliphatic heterocycles. The number of hydrogen-bond donors (Lipinski definition) is 1. The maximum atomic E-state index is 12.7. The molecule has 1 amide bonds. The first kappa shape index (κ1) is 15.5. The Morgan fingerprint density at radius 2 is 2.14 bits per heavy atom. The first-order valence-corrected chi connectivity index (χ1v) is 8.69. The molecule has 3 heterocycles. The third kappa shape index (κ3) is 2.65. The van der Waals surface area contributed by atoms with E-state index in [4.69, 9.17) is 0 Å². The molecule has 2 aromatic heterocycles. The highest BCUT2D eigenvalue weighted by atomic mass is 32.1. The lowest BCUT2D eigenvalue weighted by molar-refractivity contribution is 0.0655. The minimum atomic E-state index is 0.118. The van der Waals surface area contributed by atoms with Crippen LogP contribution in [0.2, 0.25) is 0 Å². The first-order chi connectivity index (χ1) is 10.5. The Bertz CT molecular complexity index is 681. The van der Waals surface area contributed by atoms with Gasteiger partial charge in [0.1, 0.15) is 4.83 Å². The minimum Gasteiger partial charge on any atom is -0.396 e. The molecule has 0 aliphatic carbocycles. The van der Waals surface area contributed by atoms with Crippen molar-refractivity contribution in [3.8, 4) is 0 Å². The monoisotopic (exact) mass is 321 g/mol. The topological polar surface area (TPSA) is 58.4 Å². The molecule has 0 unspecified atom stereocenters. The van der Waals surface area contributed by atoms with Crippen LogP contribution in [-0.4, -0.2) is 45.4 Å². The molecule has 1 aliphatic rings. The van der Waals surface area contributed by atoms with Crippen LogP contribution in [0.5, 0.6) is 0 Å². The molecule has 0 bridgehead atoms. The summed E-state index contributed by atoms with van der Waals surface area (Å²) >= 11 is 1.53. The lowest BCUT2D eigenvalue weighted by Gasteiger charge is -2.30. The van der Waals surface area contributed by atoms with Crippen molar-refractivity contribution in [3.63, 3.8) is 0 Å². The summed E-state index contributed by atoms with van der Waals surface area (Å²) in [5.74, 6) is 0.817. The molecule has 0 radical (unpaired) electrons. The number of aromatic nitrogens is 2. The quantitative estimate of drug-likeness (QED) is 0.945. The van der Waals surface area contributed by atoms with Crippen LogP contribution in [-0.2, 0) is 7.05 Å². The molecule has 120 valence electrons. The van der Waals surface area contributed by atoms with Gasteiger partial charge in [-0.25, -0.2) is 0 Å². The number of amides is 1. The summed E-state index contributed by atoms with van der Waals surface area (Å²) in [5.41, 5.74) is 1.06. The second-order valence-electron chi connectivity index (χ2n) is 6.41. The third-order valence-corrected chi connectivity index (χ3v) is 5.65. The van der Waals surface area contributed by atoms with Crippen LogP contribution in [0.3, 0.4) is 0 Å². The van der Waals surface area contributed by atoms with Crippen LogP contribution in [0.4, 0.5) is 0 Å². The van der Waals surface area contributed by atoms with Crippen LogP contribution in [0.15, 0.2) is 6.07 Å². The summed E-state index contributed by atoms with van der Waals surface area (Å²) in [6, 6.07) is 2.00. The van der Waals surface area contributed by atoms with Crippen molar-refractivity contribution in [1.29, 1.82) is 0 Å². The minimum absolute atomic E-state index is 0.118. The second kappa shape index (κ2) is 6.01. The van der Waals surface area contributed by atoms with Gasteiger partial charge in [0.25, 0.3) is 5.91 Å². The number of aliphatic hydroxyl groups is 1. The maximum Gasteiger partial charge on any atom is 0.264 e.